The number of aryl methyl sites for hydroxylation is 1. The van der Waals surface area contributed by atoms with Crippen molar-refractivity contribution in [3.8, 4) is 5.75 Å². The van der Waals surface area contributed by atoms with E-state index >= 15 is 0 Å². The molecule has 0 aromatic heterocycles. The summed E-state index contributed by atoms with van der Waals surface area (Å²) in [5.74, 6) is 0.343. The molecule has 0 saturated heterocycles. The summed E-state index contributed by atoms with van der Waals surface area (Å²) in [7, 11) is 0. The third-order valence-corrected chi connectivity index (χ3v) is 2.52. The Balaban J connectivity index is 1.89. The molecule has 0 bridgehead atoms. The van der Waals surface area contributed by atoms with Crippen molar-refractivity contribution in [1.82, 2.24) is 0 Å². The first-order chi connectivity index (χ1) is 6.84. The third-order valence-electron chi connectivity index (χ3n) is 2.52. The fraction of sp³-hybridized carbons (Fsp3) is 0.231. The van der Waals surface area contributed by atoms with Crippen LogP contribution < -0.4 is 0 Å². The molecule has 0 saturated carbocycles. The van der Waals surface area contributed by atoms with E-state index in [0.29, 0.717) is 5.75 Å². The van der Waals surface area contributed by atoms with Gasteiger partial charge in [-0.3, -0.25) is 0 Å². The van der Waals surface area contributed by atoms with Crippen molar-refractivity contribution < 1.29 is 5.11 Å². The fourth-order valence-electron chi connectivity index (χ4n) is 1.64. The summed E-state index contributed by atoms with van der Waals surface area (Å²) in [6, 6.07) is 7.46. The quantitative estimate of drug-likeness (QED) is 0.768. The predicted molar refractivity (Wildman–Crippen MR) is 58.3 cm³/mol. The molecule has 0 spiro atoms. The third kappa shape index (κ3) is 2.25. The number of allylic oxidation sites excluding steroid dienone is 4. The van der Waals surface area contributed by atoms with E-state index in [1.165, 1.54) is 11.1 Å². The van der Waals surface area contributed by atoms with Gasteiger partial charge in [0.15, 0.2) is 0 Å². The zero-order valence-corrected chi connectivity index (χ0v) is 8.11. The Morgan fingerprint density at radius 2 is 1.86 bits per heavy atom. The van der Waals surface area contributed by atoms with Gasteiger partial charge in [0.1, 0.15) is 5.75 Å². The van der Waals surface area contributed by atoms with E-state index in [2.05, 4.69) is 18.2 Å². The molecule has 14 heavy (non-hydrogen) atoms. The zero-order chi connectivity index (χ0) is 9.80. The number of phenols is 1. The Kier molecular flexibility index (Phi) is 2.68. The molecule has 72 valence electrons. The van der Waals surface area contributed by atoms with Gasteiger partial charge in [-0.1, -0.05) is 35.9 Å². The Bertz CT molecular complexity index is 357. The molecule has 0 atom stereocenters. The Labute approximate surface area is 84.4 Å². The van der Waals surface area contributed by atoms with Crippen LogP contribution in [-0.2, 0) is 6.42 Å². The number of rotatable bonds is 3. The van der Waals surface area contributed by atoms with Crippen molar-refractivity contribution in [2.45, 2.75) is 19.3 Å². The minimum Gasteiger partial charge on any atom is -0.508 e. The van der Waals surface area contributed by atoms with Crippen LogP contribution in [0.4, 0.5) is 0 Å². The maximum Gasteiger partial charge on any atom is 0.115 e. The minimum absolute atomic E-state index is 0.343. The summed E-state index contributed by atoms with van der Waals surface area (Å²) in [6.07, 6.45) is 9.79. The number of benzene rings is 1. The zero-order valence-electron chi connectivity index (χ0n) is 8.11. The Morgan fingerprint density at radius 3 is 2.50 bits per heavy atom. The summed E-state index contributed by atoms with van der Waals surface area (Å²) >= 11 is 0. The van der Waals surface area contributed by atoms with Gasteiger partial charge in [-0.2, -0.15) is 0 Å². The minimum atomic E-state index is 0.343. The average Bonchev–Trinajstić information content (AvgIpc) is 2.70. The van der Waals surface area contributed by atoms with Crippen LogP contribution in [0.25, 0.3) is 0 Å². The summed E-state index contributed by atoms with van der Waals surface area (Å²) in [5, 5.41) is 9.12. The van der Waals surface area contributed by atoms with Gasteiger partial charge in [-0.15, -0.1) is 0 Å². The van der Waals surface area contributed by atoms with Crippen molar-refractivity contribution in [1.29, 1.82) is 0 Å². The van der Waals surface area contributed by atoms with Crippen LogP contribution in [-0.4, -0.2) is 5.11 Å². The van der Waals surface area contributed by atoms with Gasteiger partial charge in [0.2, 0.25) is 0 Å². The SMILES string of the molecule is Oc1ccc(CCC2=CC=CC2)cc1. The van der Waals surface area contributed by atoms with Crippen molar-refractivity contribution in [3.63, 3.8) is 0 Å². The van der Waals surface area contributed by atoms with Crippen molar-refractivity contribution in [2.24, 2.45) is 0 Å². The highest BCUT2D eigenvalue weighted by Gasteiger charge is 2.00. The van der Waals surface area contributed by atoms with E-state index in [-0.39, 0.29) is 0 Å². The number of aromatic hydroxyl groups is 1. The van der Waals surface area contributed by atoms with Crippen molar-refractivity contribution >= 4 is 0 Å². The van der Waals surface area contributed by atoms with Gasteiger partial charge in [0.05, 0.1) is 0 Å². The number of hydrogen-bond donors (Lipinski definition) is 1. The first kappa shape index (κ1) is 9.07. The van der Waals surface area contributed by atoms with E-state index in [9.17, 15) is 0 Å². The summed E-state index contributed by atoms with van der Waals surface area (Å²) in [6.45, 7) is 0. The van der Waals surface area contributed by atoms with Crippen LogP contribution in [0.2, 0.25) is 0 Å². The lowest BCUT2D eigenvalue weighted by atomic mass is 10.0. The van der Waals surface area contributed by atoms with E-state index in [4.69, 9.17) is 5.11 Å². The molecular formula is C13H14O. The van der Waals surface area contributed by atoms with E-state index in [1.54, 1.807) is 12.1 Å². The molecule has 1 nitrogen and oxygen atoms in total. The fourth-order valence-corrected chi connectivity index (χ4v) is 1.64. The summed E-state index contributed by atoms with van der Waals surface area (Å²) in [5.41, 5.74) is 2.79. The van der Waals surface area contributed by atoms with Crippen LogP contribution in [0.3, 0.4) is 0 Å². The second-order valence-electron chi connectivity index (χ2n) is 3.62. The average molecular weight is 186 g/mol. The van der Waals surface area contributed by atoms with Crippen molar-refractivity contribution in [2.75, 3.05) is 0 Å². The second-order valence-corrected chi connectivity index (χ2v) is 3.62. The maximum atomic E-state index is 9.12. The van der Waals surface area contributed by atoms with Crippen LogP contribution >= 0.6 is 0 Å². The predicted octanol–water partition coefficient (Wildman–Crippen LogP) is 3.21. The lowest BCUT2D eigenvalue weighted by Crippen LogP contribution is -1.86. The van der Waals surface area contributed by atoms with Gasteiger partial charge < -0.3 is 5.11 Å². The standard InChI is InChI=1S/C13H14O/c14-13-9-7-12(8-10-13)6-5-11-3-1-2-4-11/h1-3,7-10,14H,4-6H2. The van der Waals surface area contributed by atoms with Gasteiger partial charge in [0, 0.05) is 0 Å². The first-order valence-corrected chi connectivity index (χ1v) is 4.97. The molecule has 0 radical (unpaired) electrons. The Hall–Kier alpha value is -1.50. The molecule has 2 rings (SSSR count). The molecule has 0 heterocycles. The smallest absolute Gasteiger partial charge is 0.115 e. The molecule has 0 amide bonds. The molecule has 0 aliphatic heterocycles. The largest absolute Gasteiger partial charge is 0.508 e. The van der Waals surface area contributed by atoms with Crippen LogP contribution in [0.1, 0.15) is 18.4 Å². The molecule has 1 aromatic rings. The van der Waals surface area contributed by atoms with Gasteiger partial charge in [0.25, 0.3) is 0 Å². The topological polar surface area (TPSA) is 20.2 Å². The van der Waals surface area contributed by atoms with Gasteiger partial charge in [-0.05, 0) is 37.0 Å². The summed E-state index contributed by atoms with van der Waals surface area (Å²) < 4.78 is 0. The Morgan fingerprint density at radius 1 is 1.07 bits per heavy atom. The highest BCUT2D eigenvalue weighted by atomic mass is 16.3. The molecule has 0 unspecified atom stereocenters. The monoisotopic (exact) mass is 186 g/mol. The maximum absolute atomic E-state index is 9.12. The van der Waals surface area contributed by atoms with E-state index in [1.807, 2.05) is 12.1 Å². The first-order valence-electron chi connectivity index (χ1n) is 4.97. The highest BCUT2D eigenvalue weighted by molar-refractivity contribution is 5.28. The van der Waals surface area contributed by atoms with E-state index in [0.717, 1.165) is 19.3 Å². The molecule has 1 heteroatoms. The van der Waals surface area contributed by atoms with Crippen LogP contribution in [0.5, 0.6) is 5.75 Å². The summed E-state index contributed by atoms with van der Waals surface area (Å²) in [4.78, 5) is 0. The molecule has 1 aliphatic carbocycles. The second kappa shape index (κ2) is 4.14. The molecule has 1 aromatic carbocycles. The highest BCUT2D eigenvalue weighted by Crippen LogP contribution is 2.18. The van der Waals surface area contributed by atoms with Crippen LogP contribution in [0.15, 0.2) is 48.1 Å². The molecule has 1 N–H and O–H groups in total. The molecule has 1 aliphatic rings. The van der Waals surface area contributed by atoms with E-state index < -0.39 is 0 Å². The number of hydrogen-bond acceptors (Lipinski definition) is 1. The number of phenolic OH excluding ortho intramolecular Hbond substituents is 1. The van der Waals surface area contributed by atoms with Gasteiger partial charge >= 0.3 is 0 Å². The lowest BCUT2D eigenvalue weighted by Gasteiger charge is -2.02. The molecular weight excluding hydrogens is 172 g/mol. The lowest BCUT2D eigenvalue weighted by molar-refractivity contribution is 0.475. The molecule has 0 fully saturated rings. The van der Waals surface area contributed by atoms with Crippen LogP contribution in [0, 0.1) is 0 Å². The van der Waals surface area contributed by atoms with Crippen molar-refractivity contribution in [3.05, 3.63) is 53.6 Å². The normalized spacial score (nSPS) is 14.4. The van der Waals surface area contributed by atoms with Gasteiger partial charge in [-0.25, -0.2) is 0 Å².